The van der Waals surface area contributed by atoms with Gasteiger partial charge in [-0.15, -0.1) is 0 Å². The SMILES string of the molecule is Cc1nn(-c2ccccc2)c2c1CN(C(=O)Nc1cccc(C(F)(F)F)c1)C(c1ccccc1)c1cccn1-2. The number of hydrogen-bond donors (Lipinski definition) is 1. The summed E-state index contributed by atoms with van der Waals surface area (Å²) in [7, 11) is 0. The number of urea groups is 1. The molecule has 1 unspecified atom stereocenters. The molecule has 9 heteroatoms. The highest BCUT2D eigenvalue weighted by atomic mass is 19.4. The summed E-state index contributed by atoms with van der Waals surface area (Å²) in [5.74, 6) is 0.814. The van der Waals surface area contributed by atoms with E-state index >= 15 is 0 Å². The third kappa shape index (κ3) is 4.46. The summed E-state index contributed by atoms with van der Waals surface area (Å²) in [6.45, 7) is 2.09. The van der Waals surface area contributed by atoms with Crippen LogP contribution in [0.1, 0.15) is 34.1 Å². The van der Waals surface area contributed by atoms with Gasteiger partial charge in [0.2, 0.25) is 0 Å². The van der Waals surface area contributed by atoms with Crippen LogP contribution in [0.3, 0.4) is 0 Å². The number of nitrogens with one attached hydrogen (secondary N) is 1. The lowest BCUT2D eigenvalue weighted by atomic mass is 10.0. The van der Waals surface area contributed by atoms with Crippen molar-refractivity contribution in [3.8, 4) is 11.5 Å². The van der Waals surface area contributed by atoms with Gasteiger partial charge in [0, 0.05) is 17.4 Å². The number of halogens is 3. The number of aryl methyl sites for hydroxylation is 1. The molecule has 39 heavy (non-hydrogen) atoms. The minimum Gasteiger partial charge on any atom is -0.308 e. The van der Waals surface area contributed by atoms with Gasteiger partial charge in [-0.1, -0.05) is 54.6 Å². The Balaban J connectivity index is 1.49. The van der Waals surface area contributed by atoms with Crippen molar-refractivity contribution >= 4 is 11.7 Å². The van der Waals surface area contributed by atoms with Gasteiger partial charge in [0.05, 0.1) is 35.2 Å². The standard InChI is InChI=1S/C30H24F3N5O/c1-20-25-19-37(29(39)34-23-13-8-12-22(18-23)30(31,32)33)27(21-10-4-2-5-11-21)26-16-9-17-36(26)28(25)38(35-20)24-14-6-3-7-15-24/h2-18,27H,19H2,1H3,(H,34,39). The molecule has 0 fully saturated rings. The molecule has 1 aliphatic rings. The van der Waals surface area contributed by atoms with Crippen molar-refractivity contribution in [2.75, 3.05) is 5.32 Å². The molecule has 196 valence electrons. The predicted octanol–water partition coefficient (Wildman–Crippen LogP) is 7.13. The molecule has 0 bridgehead atoms. The molecule has 0 saturated carbocycles. The van der Waals surface area contributed by atoms with E-state index < -0.39 is 23.8 Å². The Labute approximate surface area is 222 Å². The van der Waals surface area contributed by atoms with Crippen LogP contribution >= 0.6 is 0 Å². The van der Waals surface area contributed by atoms with Crippen molar-refractivity contribution in [1.82, 2.24) is 19.2 Å². The zero-order chi connectivity index (χ0) is 27.1. The molecule has 1 N–H and O–H groups in total. The maximum atomic E-state index is 13.9. The van der Waals surface area contributed by atoms with Gasteiger partial charge < -0.3 is 14.8 Å². The number of anilines is 1. The summed E-state index contributed by atoms with van der Waals surface area (Å²) in [5.41, 5.74) is 3.41. The van der Waals surface area contributed by atoms with Crippen LogP contribution in [-0.2, 0) is 12.7 Å². The summed E-state index contributed by atoms with van der Waals surface area (Å²) in [5, 5.41) is 7.52. The highest BCUT2D eigenvalue weighted by Gasteiger charge is 2.36. The lowest BCUT2D eigenvalue weighted by Gasteiger charge is -2.31. The molecule has 2 amide bonds. The fraction of sp³-hybridized carbons (Fsp3) is 0.133. The molecular weight excluding hydrogens is 503 g/mol. The number of amides is 2. The molecule has 3 heterocycles. The van der Waals surface area contributed by atoms with Crippen molar-refractivity contribution in [1.29, 1.82) is 0 Å². The number of benzene rings is 3. The van der Waals surface area contributed by atoms with E-state index in [-0.39, 0.29) is 12.2 Å². The summed E-state index contributed by atoms with van der Waals surface area (Å²) >= 11 is 0. The summed E-state index contributed by atoms with van der Waals surface area (Å²) in [6, 6.07) is 26.8. The Hall–Kier alpha value is -4.79. The van der Waals surface area contributed by atoms with Crippen LogP contribution in [0.2, 0.25) is 0 Å². The smallest absolute Gasteiger partial charge is 0.308 e. The molecule has 6 rings (SSSR count). The molecule has 2 aromatic heterocycles. The van der Waals surface area contributed by atoms with Gasteiger partial charge in [0.1, 0.15) is 5.82 Å². The van der Waals surface area contributed by atoms with Crippen LogP contribution in [-0.4, -0.2) is 25.3 Å². The van der Waals surface area contributed by atoms with Gasteiger partial charge in [-0.2, -0.15) is 18.3 Å². The van der Waals surface area contributed by atoms with Gasteiger partial charge in [0.25, 0.3) is 0 Å². The minimum atomic E-state index is -4.52. The summed E-state index contributed by atoms with van der Waals surface area (Å²) in [6.07, 6.45) is -2.58. The highest BCUT2D eigenvalue weighted by molar-refractivity contribution is 5.90. The first kappa shape index (κ1) is 24.5. The van der Waals surface area contributed by atoms with Crippen molar-refractivity contribution in [2.24, 2.45) is 0 Å². The number of alkyl halides is 3. The van der Waals surface area contributed by atoms with Crippen LogP contribution in [0.15, 0.2) is 103 Å². The quantitative estimate of drug-likeness (QED) is 0.271. The van der Waals surface area contributed by atoms with Crippen molar-refractivity contribution < 1.29 is 18.0 Å². The number of aromatic nitrogens is 3. The van der Waals surface area contributed by atoms with Crippen LogP contribution < -0.4 is 5.32 Å². The van der Waals surface area contributed by atoms with E-state index in [9.17, 15) is 18.0 Å². The lowest BCUT2D eigenvalue weighted by molar-refractivity contribution is -0.137. The Morgan fingerprint density at radius 3 is 2.36 bits per heavy atom. The zero-order valence-corrected chi connectivity index (χ0v) is 20.9. The molecule has 5 aromatic rings. The van der Waals surface area contributed by atoms with Crippen molar-refractivity contribution in [3.63, 3.8) is 0 Å². The van der Waals surface area contributed by atoms with Crippen LogP contribution in [0.4, 0.5) is 23.7 Å². The van der Waals surface area contributed by atoms with E-state index in [0.717, 1.165) is 46.2 Å². The number of para-hydroxylation sites is 1. The Bertz CT molecular complexity index is 1640. The number of fused-ring (bicyclic) bond motifs is 3. The molecule has 6 nitrogen and oxygen atoms in total. The van der Waals surface area contributed by atoms with Gasteiger partial charge in [-0.3, -0.25) is 0 Å². The zero-order valence-electron chi connectivity index (χ0n) is 20.9. The van der Waals surface area contributed by atoms with E-state index in [1.807, 2.05) is 95.2 Å². The third-order valence-corrected chi connectivity index (χ3v) is 6.90. The number of rotatable bonds is 3. The van der Waals surface area contributed by atoms with Crippen LogP contribution in [0, 0.1) is 6.92 Å². The van der Waals surface area contributed by atoms with Gasteiger partial charge in [-0.25, -0.2) is 9.48 Å². The first-order valence-corrected chi connectivity index (χ1v) is 12.4. The second-order valence-electron chi connectivity index (χ2n) is 9.39. The fourth-order valence-corrected chi connectivity index (χ4v) is 5.10. The number of nitrogens with zero attached hydrogens (tertiary/aromatic N) is 4. The van der Waals surface area contributed by atoms with Crippen LogP contribution in [0.25, 0.3) is 11.5 Å². The average Bonchev–Trinajstić information content (AvgIpc) is 3.49. The van der Waals surface area contributed by atoms with E-state index in [1.54, 1.807) is 4.90 Å². The largest absolute Gasteiger partial charge is 0.416 e. The fourth-order valence-electron chi connectivity index (χ4n) is 5.10. The van der Waals surface area contributed by atoms with Gasteiger partial charge in [-0.05, 0) is 55.0 Å². The Morgan fingerprint density at radius 2 is 1.64 bits per heavy atom. The van der Waals surface area contributed by atoms with Crippen LogP contribution in [0.5, 0.6) is 0 Å². The second-order valence-corrected chi connectivity index (χ2v) is 9.39. The highest BCUT2D eigenvalue weighted by Crippen LogP contribution is 2.39. The number of carbonyl (C=O) groups excluding carboxylic acids is 1. The predicted molar refractivity (Wildman–Crippen MR) is 142 cm³/mol. The molecule has 0 spiro atoms. The minimum absolute atomic E-state index is 0.0678. The molecule has 0 aliphatic carbocycles. The van der Waals surface area contributed by atoms with E-state index in [4.69, 9.17) is 5.10 Å². The lowest BCUT2D eigenvalue weighted by Crippen LogP contribution is -2.38. The van der Waals surface area contributed by atoms with E-state index in [2.05, 4.69) is 5.32 Å². The molecule has 1 aliphatic heterocycles. The molecule has 0 radical (unpaired) electrons. The molecule has 0 saturated heterocycles. The second kappa shape index (κ2) is 9.50. The first-order chi connectivity index (χ1) is 18.8. The molecular formula is C30H24F3N5O. The molecule has 3 aromatic carbocycles. The topological polar surface area (TPSA) is 55.1 Å². The van der Waals surface area contributed by atoms with Gasteiger partial charge >= 0.3 is 12.2 Å². The van der Waals surface area contributed by atoms with Gasteiger partial charge in [0.15, 0.2) is 0 Å². The van der Waals surface area contributed by atoms with E-state index in [1.165, 1.54) is 12.1 Å². The maximum Gasteiger partial charge on any atom is 0.416 e. The number of hydrogen-bond acceptors (Lipinski definition) is 2. The first-order valence-electron chi connectivity index (χ1n) is 12.4. The summed E-state index contributed by atoms with van der Waals surface area (Å²) in [4.78, 5) is 15.5. The third-order valence-electron chi connectivity index (χ3n) is 6.90. The average molecular weight is 528 g/mol. The number of carbonyl (C=O) groups is 1. The van der Waals surface area contributed by atoms with E-state index in [0.29, 0.717) is 0 Å². The normalized spacial score (nSPS) is 14.9. The molecule has 1 atom stereocenters. The maximum absolute atomic E-state index is 13.9. The summed E-state index contributed by atoms with van der Waals surface area (Å²) < 4.78 is 43.9. The Kier molecular flexibility index (Phi) is 5.98. The van der Waals surface area contributed by atoms with Crippen molar-refractivity contribution in [2.45, 2.75) is 25.7 Å². The Morgan fingerprint density at radius 1 is 0.923 bits per heavy atom. The van der Waals surface area contributed by atoms with Crippen molar-refractivity contribution in [3.05, 3.63) is 131 Å². The monoisotopic (exact) mass is 527 g/mol.